The topological polar surface area (TPSA) is 223 Å². The van der Waals surface area contributed by atoms with Gasteiger partial charge in [0.25, 0.3) is 20.2 Å². The van der Waals surface area contributed by atoms with E-state index >= 15 is 0 Å². The van der Waals surface area contributed by atoms with Crippen molar-refractivity contribution in [3.8, 4) is 0 Å². The van der Waals surface area contributed by atoms with E-state index < -0.39 is 47.0 Å². The third-order valence-corrected chi connectivity index (χ3v) is 5.36. The van der Waals surface area contributed by atoms with Crippen molar-refractivity contribution in [1.82, 2.24) is 0 Å². The van der Waals surface area contributed by atoms with Crippen LogP contribution in [0.1, 0.15) is 5.56 Å². The summed E-state index contributed by atoms with van der Waals surface area (Å²) in [6.07, 6.45) is 3.39. The van der Waals surface area contributed by atoms with Gasteiger partial charge < -0.3 is 10.4 Å². The molecule has 1 aliphatic carbocycles. The highest BCUT2D eigenvalue weighted by Crippen LogP contribution is 2.31. The highest BCUT2D eigenvalue weighted by Gasteiger charge is 2.38. The predicted molar refractivity (Wildman–Crippen MR) is 102 cm³/mol. The summed E-state index contributed by atoms with van der Waals surface area (Å²) in [6, 6.07) is 8.36. The molecule has 16 heteroatoms. The number of rotatable bonds is 6. The molecule has 0 unspecified atom stereocenters. The number of allylic oxidation sites excluding steroid dienone is 4. The molecule has 0 saturated heterocycles. The van der Waals surface area contributed by atoms with Gasteiger partial charge in [-0.15, -0.1) is 10.2 Å². The first kappa shape index (κ1) is 22.7. The van der Waals surface area contributed by atoms with Gasteiger partial charge in [-0.25, -0.2) is 0 Å². The number of hydrogen-bond acceptors (Lipinski definition) is 8. The number of hydrogen-bond donors (Lipinski definition) is 4. The standard InChI is InChI=1S/C14H12N6O8S2/c21-19-17-15-11-8-10(7-6-9-4-2-1-3-5-9)13(29(23,24)25)14(30(26,27)28)12(11)16-18-20-22/h1-8H,(H,17,21)(H,18,22)(H,23,24,25)(H,26,27,28). The van der Waals surface area contributed by atoms with E-state index in [0.717, 1.165) is 12.2 Å². The lowest BCUT2D eigenvalue weighted by molar-refractivity contribution is 0.281. The Bertz CT molecular complexity index is 1240. The molecule has 0 atom stereocenters. The second kappa shape index (κ2) is 9.27. The van der Waals surface area contributed by atoms with Crippen molar-refractivity contribution in [2.24, 2.45) is 31.2 Å². The van der Waals surface area contributed by atoms with E-state index in [9.17, 15) is 25.9 Å². The van der Waals surface area contributed by atoms with Gasteiger partial charge in [-0.05, 0) is 27.7 Å². The largest absolute Gasteiger partial charge is 0.393 e. The molecule has 4 N–H and O–H groups in total. The normalized spacial score (nSPS) is 18.9. The van der Waals surface area contributed by atoms with Gasteiger partial charge in [-0.2, -0.15) is 16.8 Å². The molecule has 0 saturated carbocycles. The van der Waals surface area contributed by atoms with Gasteiger partial charge >= 0.3 is 0 Å². The Labute approximate surface area is 169 Å². The second-order valence-electron chi connectivity index (χ2n) is 5.24. The Kier molecular flexibility index (Phi) is 7.01. The van der Waals surface area contributed by atoms with E-state index in [2.05, 4.69) is 31.2 Å². The van der Waals surface area contributed by atoms with Gasteiger partial charge in [-0.1, -0.05) is 42.5 Å². The highest BCUT2D eigenvalue weighted by atomic mass is 32.2. The summed E-state index contributed by atoms with van der Waals surface area (Å²) in [5, 5.41) is 33.7. The summed E-state index contributed by atoms with van der Waals surface area (Å²) < 4.78 is 67.1. The summed E-state index contributed by atoms with van der Waals surface area (Å²) >= 11 is 0. The van der Waals surface area contributed by atoms with E-state index in [-0.39, 0.29) is 0 Å². The average molecular weight is 456 g/mol. The Hall–Kier alpha value is -3.60. The Balaban J connectivity index is 2.91. The molecule has 0 fully saturated rings. The van der Waals surface area contributed by atoms with Crippen LogP contribution < -0.4 is 0 Å². The lowest BCUT2D eigenvalue weighted by Crippen LogP contribution is -2.29. The Morgan fingerprint density at radius 1 is 0.767 bits per heavy atom. The molecule has 1 aromatic rings. The van der Waals surface area contributed by atoms with Crippen LogP contribution in [0.5, 0.6) is 0 Å². The SMILES string of the molecule is O=S(=O)(O)C1=C(S(=O)(=O)O)C(=NN=NO)C(=NN=NO)C=C1C=Cc1ccccc1. The molecule has 1 aromatic carbocycles. The number of benzene rings is 1. The van der Waals surface area contributed by atoms with Gasteiger partial charge in [0.2, 0.25) is 0 Å². The first-order chi connectivity index (χ1) is 14.1. The second-order valence-corrected chi connectivity index (χ2v) is 7.96. The Morgan fingerprint density at radius 3 is 1.87 bits per heavy atom. The molecule has 1 aliphatic rings. The van der Waals surface area contributed by atoms with Crippen LogP contribution in [0.2, 0.25) is 0 Å². The van der Waals surface area contributed by atoms with E-state index in [4.69, 9.17) is 10.4 Å². The van der Waals surface area contributed by atoms with Crippen LogP contribution in [0.4, 0.5) is 0 Å². The predicted octanol–water partition coefficient (Wildman–Crippen LogP) is 2.02. The fourth-order valence-electron chi connectivity index (χ4n) is 2.32. The minimum atomic E-state index is -5.38. The zero-order valence-corrected chi connectivity index (χ0v) is 16.2. The molecule has 14 nitrogen and oxygen atoms in total. The van der Waals surface area contributed by atoms with Crippen molar-refractivity contribution in [2.45, 2.75) is 0 Å². The molecule has 2 rings (SSSR count). The van der Waals surface area contributed by atoms with Crippen molar-refractivity contribution < 1.29 is 36.4 Å². The molecular weight excluding hydrogens is 444 g/mol. The van der Waals surface area contributed by atoms with Gasteiger partial charge in [-0.3, -0.25) is 9.11 Å². The zero-order valence-electron chi connectivity index (χ0n) is 14.5. The van der Waals surface area contributed by atoms with Crippen molar-refractivity contribution in [3.63, 3.8) is 0 Å². The molecule has 30 heavy (non-hydrogen) atoms. The minimum absolute atomic E-state index is 0.444. The van der Waals surface area contributed by atoms with Crippen molar-refractivity contribution in [2.75, 3.05) is 0 Å². The summed E-state index contributed by atoms with van der Waals surface area (Å²) in [7, 11) is -10.6. The third-order valence-electron chi connectivity index (χ3n) is 3.37. The molecule has 0 bridgehead atoms. The molecule has 0 radical (unpaired) electrons. The van der Waals surface area contributed by atoms with Gasteiger partial charge in [0.05, 0.1) is 0 Å². The van der Waals surface area contributed by atoms with Crippen molar-refractivity contribution >= 4 is 37.7 Å². The smallest absolute Gasteiger partial charge is 0.298 e. The van der Waals surface area contributed by atoms with Crippen LogP contribution in [-0.2, 0) is 20.2 Å². The summed E-state index contributed by atoms with van der Waals surface area (Å²) in [6.45, 7) is 0. The third kappa shape index (κ3) is 5.47. The highest BCUT2D eigenvalue weighted by molar-refractivity contribution is 7.94. The maximum Gasteiger partial charge on any atom is 0.298 e. The molecule has 158 valence electrons. The molecule has 0 heterocycles. The fraction of sp³-hybridized carbons (Fsp3) is 0. The van der Waals surface area contributed by atoms with Crippen molar-refractivity contribution in [3.05, 3.63) is 63.4 Å². The van der Waals surface area contributed by atoms with Gasteiger partial charge in [0.1, 0.15) is 21.2 Å². The van der Waals surface area contributed by atoms with E-state index in [0.29, 0.717) is 5.56 Å². The maximum atomic E-state index is 12.0. The molecule has 0 amide bonds. The van der Waals surface area contributed by atoms with Crippen LogP contribution in [0.3, 0.4) is 0 Å². The fourth-order valence-corrected chi connectivity index (χ4v) is 4.45. The maximum absolute atomic E-state index is 12.0. The van der Waals surface area contributed by atoms with Crippen LogP contribution >= 0.6 is 0 Å². The van der Waals surface area contributed by atoms with Crippen molar-refractivity contribution in [1.29, 1.82) is 0 Å². The summed E-state index contributed by atoms with van der Waals surface area (Å²) in [5.41, 5.74) is -1.40. The minimum Gasteiger partial charge on any atom is -0.393 e. The Morgan fingerprint density at radius 2 is 1.33 bits per heavy atom. The average Bonchev–Trinajstić information content (AvgIpc) is 2.68. The van der Waals surface area contributed by atoms with E-state index in [1.807, 2.05) is 0 Å². The monoisotopic (exact) mass is 456 g/mol. The van der Waals surface area contributed by atoms with E-state index in [1.54, 1.807) is 30.3 Å². The lowest BCUT2D eigenvalue weighted by atomic mass is 10.0. The first-order valence-electron chi connectivity index (χ1n) is 7.49. The zero-order chi connectivity index (χ0) is 22.4. The van der Waals surface area contributed by atoms with E-state index in [1.165, 1.54) is 6.08 Å². The lowest BCUT2D eigenvalue weighted by Gasteiger charge is -2.18. The molecule has 0 aliphatic heterocycles. The molecular formula is C14H12N6O8S2. The summed E-state index contributed by atoms with van der Waals surface area (Å²) in [5.74, 6) is 0. The van der Waals surface area contributed by atoms with Crippen LogP contribution in [0.15, 0.2) is 89.1 Å². The molecule has 0 aromatic heterocycles. The van der Waals surface area contributed by atoms with Gasteiger partial charge in [0.15, 0.2) is 0 Å². The van der Waals surface area contributed by atoms with Crippen LogP contribution in [0.25, 0.3) is 6.08 Å². The summed E-state index contributed by atoms with van der Waals surface area (Å²) in [4.78, 5) is -2.66. The van der Waals surface area contributed by atoms with Crippen LogP contribution in [-0.4, -0.2) is 47.8 Å². The van der Waals surface area contributed by atoms with Crippen LogP contribution in [0, 0.1) is 0 Å². The first-order valence-corrected chi connectivity index (χ1v) is 10.4. The quantitative estimate of drug-likeness (QED) is 0.214. The van der Waals surface area contributed by atoms with Gasteiger partial charge in [0, 0.05) is 10.6 Å². The molecule has 0 spiro atoms. The number of nitrogens with zero attached hydrogens (tertiary/aromatic N) is 6.